The van der Waals surface area contributed by atoms with Crippen LogP contribution >= 0.6 is 0 Å². The molecule has 5 heteroatoms. The molecule has 0 aliphatic carbocycles. The zero-order valence-corrected chi connectivity index (χ0v) is 12.5. The summed E-state index contributed by atoms with van der Waals surface area (Å²) in [6.07, 6.45) is 1.24. The van der Waals surface area contributed by atoms with Gasteiger partial charge in [0.15, 0.2) is 0 Å². The van der Waals surface area contributed by atoms with Crippen molar-refractivity contribution in [2.24, 2.45) is 11.8 Å². The van der Waals surface area contributed by atoms with E-state index >= 15 is 0 Å². The summed E-state index contributed by atoms with van der Waals surface area (Å²) in [5.74, 6) is 2.04. The van der Waals surface area contributed by atoms with Crippen LogP contribution in [0, 0.1) is 11.8 Å². The third kappa shape index (κ3) is 3.03. The molecule has 2 rings (SSSR count). The van der Waals surface area contributed by atoms with Crippen molar-refractivity contribution in [3.8, 4) is 5.88 Å². The molecule has 0 N–H and O–H groups in total. The standard InChI is InChI=1S/C15H22N2O3/c1-10-7-11(2)9-17(8-10)13-6-5-12(15(18)20-4)14(16-13)19-3/h5-6,10-11H,7-9H2,1-4H3. The number of methoxy groups -OCH3 is 2. The minimum Gasteiger partial charge on any atom is -0.480 e. The zero-order valence-electron chi connectivity index (χ0n) is 12.5. The largest absolute Gasteiger partial charge is 0.480 e. The molecule has 1 aliphatic rings. The van der Waals surface area contributed by atoms with Gasteiger partial charge >= 0.3 is 5.97 Å². The molecule has 2 heterocycles. The van der Waals surface area contributed by atoms with E-state index < -0.39 is 5.97 Å². The van der Waals surface area contributed by atoms with Gasteiger partial charge < -0.3 is 14.4 Å². The molecule has 110 valence electrons. The number of hydrogen-bond donors (Lipinski definition) is 0. The van der Waals surface area contributed by atoms with Crippen LogP contribution in [0.25, 0.3) is 0 Å². The molecule has 1 aromatic heterocycles. The number of carbonyl (C=O) groups is 1. The van der Waals surface area contributed by atoms with E-state index in [1.165, 1.54) is 20.6 Å². The first kappa shape index (κ1) is 14.6. The van der Waals surface area contributed by atoms with Crippen LogP contribution in [0.4, 0.5) is 5.82 Å². The number of carbonyl (C=O) groups excluding carboxylic acids is 1. The lowest BCUT2D eigenvalue weighted by Gasteiger charge is -2.35. The maximum atomic E-state index is 11.6. The van der Waals surface area contributed by atoms with Crippen molar-refractivity contribution in [2.75, 3.05) is 32.2 Å². The summed E-state index contributed by atoms with van der Waals surface area (Å²) in [5.41, 5.74) is 0.358. The molecule has 0 spiro atoms. The Kier molecular flexibility index (Phi) is 4.47. The summed E-state index contributed by atoms with van der Waals surface area (Å²) in [4.78, 5) is 18.3. The first-order valence-corrected chi connectivity index (χ1v) is 6.93. The molecule has 0 radical (unpaired) electrons. The fourth-order valence-corrected chi connectivity index (χ4v) is 2.88. The van der Waals surface area contributed by atoms with Gasteiger partial charge in [-0.3, -0.25) is 0 Å². The highest BCUT2D eigenvalue weighted by Gasteiger charge is 2.24. The first-order chi connectivity index (χ1) is 9.55. The second-order valence-electron chi connectivity index (χ2n) is 5.57. The third-order valence-corrected chi connectivity index (χ3v) is 3.64. The Morgan fingerprint density at radius 1 is 1.25 bits per heavy atom. The highest BCUT2D eigenvalue weighted by Crippen LogP contribution is 2.27. The van der Waals surface area contributed by atoms with Crippen molar-refractivity contribution in [3.63, 3.8) is 0 Å². The van der Waals surface area contributed by atoms with Crippen LogP contribution in [0.5, 0.6) is 5.88 Å². The number of ether oxygens (including phenoxy) is 2. The van der Waals surface area contributed by atoms with Gasteiger partial charge in [0.2, 0.25) is 5.88 Å². The molecule has 20 heavy (non-hydrogen) atoms. The Morgan fingerprint density at radius 2 is 1.90 bits per heavy atom. The fourth-order valence-electron chi connectivity index (χ4n) is 2.88. The molecule has 0 amide bonds. The summed E-state index contributed by atoms with van der Waals surface area (Å²) in [6, 6.07) is 3.58. The van der Waals surface area contributed by atoms with Gasteiger partial charge in [0.1, 0.15) is 11.4 Å². The number of esters is 1. The monoisotopic (exact) mass is 278 g/mol. The predicted molar refractivity (Wildman–Crippen MR) is 77.3 cm³/mol. The molecule has 1 saturated heterocycles. The van der Waals surface area contributed by atoms with E-state index in [0.29, 0.717) is 23.3 Å². The topological polar surface area (TPSA) is 51.7 Å². The van der Waals surface area contributed by atoms with E-state index in [9.17, 15) is 4.79 Å². The van der Waals surface area contributed by atoms with Gasteiger partial charge in [0.25, 0.3) is 0 Å². The molecule has 0 saturated carbocycles. The lowest BCUT2D eigenvalue weighted by Crippen LogP contribution is -2.39. The van der Waals surface area contributed by atoms with E-state index in [1.807, 2.05) is 6.07 Å². The van der Waals surface area contributed by atoms with Crippen molar-refractivity contribution in [2.45, 2.75) is 20.3 Å². The molecule has 0 bridgehead atoms. The number of aromatic nitrogens is 1. The molecule has 1 fully saturated rings. The van der Waals surface area contributed by atoms with Crippen LogP contribution in [0.1, 0.15) is 30.6 Å². The minimum absolute atomic E-state index is 0.320. The lowest BCUT2D eigenvalue weighted by atomic mass is 9.92. The average molecular weight is 278 g/mol. The van der Waals surface area contributed by atoms with Crippen molar-refractivity contribution < 1.29 is 14.3 Å². The van der Waals surface area contributed by atoms with Crippen LogP contribution < -0.4 is 9.64 Å². The van der Waals surface area contributed by atoms with Gasteiger partial charge in [-0.05, 0) is 30.4 Å². The van der Waals surface area contributed by atoms with Gasteiger partial charge in [-0.15, -0.1) is 0 Å². The number of hydrogen-bond acceptors (Lipinski definition) is 5. The van der Waals surface area contributed by atoms with Gasteiger partial charge in [0, 0.05) is 13.1 Å². The molecule has 0 aromatic carbocycles. The lowest BCUT2D eigenvalue weighted by molar-refractivity contribution is 0.0596. The molecule has 2 unspecified atom stereocenters. The Hall–Kier alpha value is -1.78. The summed E-state index contributed by atoms with van der Waals surface area (Å²) < 4.78 is 9.94. The van der Waals surface area contributed by atoms with Gasteiger partial charge in [-0.2, -0.15) is 4.98 Å². The van der Waals surface area contributed by atoms with Crippen molar-refractivity contribution in [1.82, 2.24) is 4.98 Å². The van der Waals surface area contributed by atoms with Gasteiger partial charge in [0.05, 0.1) is 14.2 Å². The second-order valence-corrected chi connectivity index (χ2v) is 5.57. The van der Waals surface area contributed by atoms with Crippen LogP contribution in [0.2, 0.25) is 0 Å². The van der Waals surface area contributed by atoms with Crippen LogP contribution in [-0.4, -0.2) is 38.3 Å². The van der Waals surface area contributed by atoms with E-state index in [-0.39, 0.29) is 0 Å². The first-order valence-electron chi connectivity index (χ1n) is 6.93. The SMILES string of the molecule is COC(=O)c1ccc(N2CC(C)CC(C)C2)nc1OC. The summed E-state index contributed by atoms with van der Waals surface area (Å²) >= 11 is 0. The van der Waals surface area contributed by atoms with Crippen molar-refractivity contribution in [1.29, 1.82) is 0 Å². The number of rotatable bonds is 3. The van der Waals surface area contributed by atoms with E-state index in [1.54, 1.807) is 6.07 Å². The smallest absolute Gasteiger partial charge is 0.343 e. The van der Waals surface area contributed by atoms with Crippen LogP contribution in [0.3, 0.4) is 0 Å². The zero-order chi connectivity index (χ0) is 14.7. The summed E-state index contributed by atoms with van der Waals surface area (Å²) in [6.45, 7) is 6.47. The van der Waals surface area contributed by atoms with Gasteiger partial charge in [-0.25, -0.2) is 4.79 Å². The Morgan fingerprint density at radius 3 is 2.45 bits per heavy atom. The quantitative estimate of drug-likeness (QED) is 0.794. The molecular weight excluding hydrogens is 256 g/mol. The van der Waals surface area contributed by atoms with Crippen LogP contribution in [-0.2, 0) is 4.74 Å². The molecule has 1 aromatic rings. The normalized spacial score (nSPS) is 22.5. The second kappa shape index (κ2) is 6.11. The predicted octanol–water partition coefficient (Wildman–Crippen LogP) is 2.36. The van der Waals surface area contributed by atoms with E-state index in [2.05, 4.69) is 23.7 Å². The van der Waals surface area contributed by atoms with Crippen LogP contribution in [0.15, 0.2) is 12.1 Å². The molecule has 2 atom stereocenters. The van der Waals surface area contributed by atoms with Crippen molar-refractivity contribution >= 4 is 11.8 Å². The number of nitrogens with zero attached hydrogens (tertiary/aromatic N) is 2. The third-order valence-electron chi connectivity index (χ3n) is 3.64. The molecule has 5 nitrogen and oxygen atoms in total. The highest BCUT2D eigenvalue weighted by atomic mass is 16.5. The maximum Gasteiger partial charge on any atom is 0.343 e. The summed E-state index contributed by atoms with van der Waals surface area (Å²) in [5, 5.41) is 0. The Bertz CT molecular complexity index is 480. The maximum absolute atomic E-state index is 11.6. The number of piperidine rings is 1. The Balaban J connectivity index is 2.27. The molecular formula is C15H22N2O3. The fraction of sp³-hybridized carbons (Fsp3) is 0.600. The number of pyridine rings is 1. The highest BCUT2D eigenvalue weighted by molar-refractivity contribution is 5.92. The average Bonchev–Trinajstić information content (AvgIpc) is 2.44. The summed E-state index contributed by atoms with van der Waals surface area (Å²) in [7, 11) is 2.86. The Labute approximate surface area is 119 Å². The minimum atomic E-state index is -0.429. The van der Waals surface area contributed by atoms with Crippen molar-refractivity contribution in [3.05, 3.63) is 17.7 Å². The number of anilines is 1. The molecule has 1 aliphatic heterocycles. The van der Waals surface area contributed by atoms with E-state index in [4.69, 9.17) is 9.47 Å². The van der Waals surface area contributed by atoms with Gasteiger partial charge in [-0.1, -0.05) is 13.8 Å². The van der Waals surface area contributed by atoms with E-state index in [0.717, 1.165) is 18.9 Å².